The van der Waals surface area contributed by atoms with Crippen molar-refractivity contribution in [2.24, 2.45) is 0 Å². The van der Waals surface area contributed by atoms with Crippen LogP contribution in [0.15, 0.2) is 12.1 Å². The van der Waals surface area contributed by atoms with Crippen LogP contribution >= 0.6 is 0 Å². The normalized spacial score (nSPS) is 23.5. The fraction of sp³-hybridized carbons (Fsp3) is 0.600. The molecule has 1 aliphatic heterocycles. The Morgan fingerprint density at radius 1 is 1.12 bits per heavy atom. The van der Waals surface area contributed by atoms with Crippen molar-refractivity contribution in [1.82, 2.24) is 5.32 Å². The minimum atomic E-state index is 0.504. The van der Waals surface area contributed by atoms with Crippen LogP contribution in [-0.2, 0) is 12.8 Å². The molecule has 0 aromatic heterocycles. The third-order valence-electron chi connectivity index (χ3n) is 4.13. The molecule has 1 saturated heterocycles. The summed E-state index contributed by atoms with van der Waals surface area (Å²) in [7, 11) is 1.79. The third-order valence-corrected chi connectivity index (χ3v) is 4.13. The Balaban J connectivity index is 1.96. The topological polar surface area (TPSA) is 21.3 Å². The molecule has 1 aromatic carbocycles. The lowest BCUT2D eigenvalue weighted by Gasteiger charge is -2.26. The molecule has 1 heterocycles. The van der Waals surface area contributed by atoms with E-state index in [9.17, 15) is 0 Å². The molecule has 2 aliphatic rings. The summed E-state index contributed by atoms with van der Waals surface area (Å²) in [5.74, 6) is 1.09. The monoisotopic (exact) mass is 231 g/mol. The molecule has 0 saturated carbocycles. The summed E-state index contributed by atoms with van der Waals surface area (Å²) in [5, 5.41) is 3.62. The van der Waals surface area contributed by atoms with Crippen molar-refractivity contribution in [3.63, 3.8) is 0 Å². The van der Waals surface area contributed by atoms with Crippen molar-refractivity contribution >= 4 is 0 Å². The van der Waals surface area contributed by atoms with Gasteiger partial charge in [-0.05, 0) is 55.8 Å². The Hall–Kier alpha value is -1.02. The van der Waals surface area contributed by atoms with Crippen LogP contribution in [0.4, 0.5) is 0 Å². The second-order valence-corrected chi connectivity index (χ2v) is 5.22. The van der Waals surface area contributed by atoms with Gasteiger partial charge in [-0.2, -0.15) is 0 Å². The number of hydrogen-bond acceptors (Lipinski definition) is 2. The van der Waals surface area contributed by atoms with E-state index in [1.807, 2.05) is 0 Å². The minimum Gasteiger partial charge on any atom is -0.496 e. The Labute approximate surface area is 103 Å². The minimum absolute atomic E-state index is 0.504. The molecule has 1 N–H and O–H groups in total. The summed E-state index contributed by atoms with van der Waals surface area (Å²) >= 11 is 0. The quantitative estimate of drug-likeness (QED) is 0.845. The molecular weight excluding hydrogens is 210 g/mol. The smallest absolute Gasteiger partial charge is 0.123 e. The second-order valence-electron chi connectivity index (χ2n) is 5.22. The van der Waals surface area contributed by atoms with Crippen LogP contribution in [0.2, 0.25) is 0 Å². The molecule has 1 aromatic rings. The van der Waals surface area contributed by atoms with Crippen molar-refractivity contribution in [2.45, 2.75) is 44.6 Å². The molecular formula is C15H21NO. The van der Waals surface area contributed by atoms with E-state index in [1.54, 1.807) is 12.7 Å². The number of rotatable bonds is 2. The standard InChI is InChI=1S/C15H21NO/c1-17-15-10-12-6-4-5-11(12)9-13(15)14-7-2-3-8-16-14/h9-10,14,16H,2-8H2,1H3. The van der Waals surface area contributed by atoms with Gasteiger partial charge in [0.2, 0.25) is 0 Å². The predicted molar refractivity (Wildman–Crippen MR) is 69.6 cm³/mol. The van der Waals surface area contributed by atoms with Gasteiger partial charge in [0.25, 0.3) is 0 Å². The first-order chi connectivity index (χ1) is 8.38. The zero-order valence-electron chi connectivity index (χ0n) is 10.6. The van der Waals surface area contributed by atoms with Crippen molar-refractivity contribution in [3.8, 4) is 5.75 Å². The molecule has 1 fully saturated rings. The molecule has 0 radical (unpaired) electrons. The van der Waals surface area contributed by atoms with E-state index in [0.29, 0.717) is 6.04 Å². The highest BCUT2D eigenvalue weighted by molar-refractivity contribution is 5.46. The summed E-state index contributed by atoms with van der Waals surface area (Å²) in [4.78, 5) is 0. The maximum absolute atomic E-state index is 5.58. The van der Waals surface area contributed by atoms with Gasteiger partial charge in [-0.1, -0.05) is 12.5 Å². The third kappa shape index (κ3) is 2.06. The molecule has 17 heavy (non-hydrogen) atoms. The number of fused-ring (bicyclic) bond motifs is 1. The Bertz CT molecular complexity index is 408. The molecule has 0 bridgehead atoms. The van der Waals surface area contributed by atoms with E-state index >= 15 is 0 Å². The van der Waals surface area contributed by atoms with Gasteiger partial charge in [-0.3, -0.25) is 0 Å². The van der Waals surface area contributed by atoms with Crippen LogP contribution < -0.4 is 10.1 Å². The van der Waals surface area contributed by atoms with Crippen LogP contribution in [0.5, 0.6) is 5.75 Å². The van der Waals surface area contributed by atoms with Crippen LogP contribution in [-0.4, -0.2) is 13.7 Å². The summed E-state index contributed by atoms with van der Waals surface area (Å²) < 4.78 is 5.58. The second kappa shape index (κ2) is 4.69. The van der Waals surface area contributed by atoms with Crippen LogP contribution in [0, 0.1) is 0 Å². The average molecular weight is 231 g/mol. The van der Waals surface area contributed by atoms with Gasteiger partial charge in [0.15, 0.2) is 0 Å². The number of aryl methyl sites for hydroxylation is 2. The van der Waals surface area contributed by atoms with E-state index < -0.39 is 0 Å². The molecule has 92 valence electrons. The molecule has 1 aliphatic carbocycles. The maximum atomic E-state index is 5.58. The number of hydrogen-bond donors (Lipinski definition) is 1. The van der Waals surface area contributed by atoms with Crippen molar-refractivity contribution in [2.75, 3.05) is 13.7 Å². The summed E-state index contributed by atoms with van der Waals surface area (Å²) in [6.07, 6.45) is 7.67. The lowest BCUT2D eigenvalue weighted by molar-refractivity contribution is 0.373. The maximum Gasteiger partial charge on any atom is 0.123 e. The van der Waals surface area contributed by atoms with Crippen LogP contribution in [0.25, 0.3) is 0 Å². The zero-order chi connectivity index (χ0) is 11.7. The number of ether oxygens (including phenoxy) is 1. The van der Waals surface area contributed by atoms with E-state index in [0.717, 1.165) is 12.3 Å². The lowest BCUT2D eigenvalue weighted by Crippen LogP contribution is -2.27. The predicted octanol–water partition coefficient (Wildman–Crippen LogP) is 3.00. The van der Waals surface area contributed by atoms with Crippen LogP contribution in [0.3, 0.4) is 0 Å². The van der Waals surface area contributed by atoms with E-state index in [4.69, 9.17) is 4.74 Å². The van der Waals surface area contributed by atoms with E-state index in [1.165, 1.54) is 49.7 Å². The van der Waals surface area contributed by atoms with Crippen LogP contribution in [0.1, 0.15) is 48.4 Å². The first kappa shape index (κ1) is 11.1. The molecule has 0 spiro atoms. The first-order valence-corrected chi connectivity index (χ1v) is 6.81. The largest absolute Gasteiger partial charge is 0.496 e. The highest BCUT2D eigenvalue weighted by Gasteiger charge is 2.22. The van der Waals surface area contributed by atoms with Crippen molar-refractivity contribution in [3.05, 3.63) is 28.8 Å². The van der Waals surface area contributed by atoms with Gasteiger partial charge in [0, 0.05) is 11.6 Å². The summed E-state index contributed by atoms with van der Waals surface area (Å²) in [6, 6.07) is 5.17. The number of piperidine rings is 1. The summed E-state index contributed by atoms with van der Waals surface area (Å²) in [6.45, 7) is 1.14. The molecule has 3 rings (SSSR count). The highest BCUT2D eigenvalue weighted by atomic mass is 16.5. The average Bonchev–Trinajstić information content (AvgIpc) is 2.85. The lowest BCUT2D eigenvalue weighted by atomic mass is 9.94. The molecule has 1 unspecified atom stereocenters. The van der Waals surface area contributed by atoms with Gasteiger partial charge < -0.3 is 10.1 Å². The van der Waals surface area contributed by atoms with Crippen molar-refractivity contribution < 1.29 is 4.74 Å². The number of methoxy groups -OCH3 is 1. The number of nitrogens with one attached hydrogen (secondary N) is 1. The number of benzene rings is 1. The molecule has 2 heteroatoms. The fourth-order valence-corrected chi connectivity index (χ4v) is 3.19. The SMILES string of the molecule is COc1cc2c(cc1C1CCCCN1)CCC2. The zero-order valence-corrected chi connectivity index (χ0v) is 10.6. The highest BCUT2D eigenvalue weighted by Crippen LogP contribution is 2.35. The van der Waals surface area contributed by atoms with E-state index in [2.05, 4.69) is 17.4 Å². The van der Waals surface area contributed by atoms with Crippen molar-refractivity contribution in [1.29, 1.82) is 0 Å². The molecule has 2 nitrogen and oxygen atoms in total. The van der Waals surface area contributed by atoms with Gasteiger partial charge in [-0.15, -0.1) is 0 Å². The van der Waals surface area contributed by atoms with Gasteiger partial charge in [0.05, 0.1) is 7.11 Å². The van der Waals surface area contributed by atoms with Gasteiger partial charge >= 0.3 is 0 Å². The Morgan fingerprint density at radius 2 is 1.94 bits per heavy atom. The molecule has 0 amide bonds. The summed E-state index contributed by atoms with van der Waals surface area (Å²) in [5.41, 5.74) is 4.43. The van der Waals surface area contributed by atoms with Gasteiger partial charge in [0.1, 0.15) is 5.75 Å². The Kier molecular flexibility index (Phi) is 3.06. The van der Waals surface area contributed by atoms with Gasteiger partial charge in [-0.25, -0.2) is 0 Å². The van der Waals surface area contributed by atoms with E-state index in [-0.39, 0.29) is 0 Å². The molecule has 1 atom stereocenters. The first-order valence-electron chi connectivity index (χ1n) is 6.81. The fourth-order valence-electron chi connectivity index (χ4n) is 3.19. The Morgan fingerprint density at radius 3 is 2.65 bits per heavy atom.